The second-order valence-electron chi connectivity index (χ2n) is 7.09. The molecular formula is C21H22N4O3. The summed E-state index contributed by atoms with van der Waals surface area (Å²) in [6.45, 7) is 0. The van der Waals surface area contributed by atoms with Crippen LogP contribution in [0, 0.1) is 0 Å². The van der Waals surface area contributed by atoms with Gasteiger partial charge in [0.2, 0.25) is 0 Å². The number of nitrogens with zero attached hydrogens (tertiary/aromatic N) is 3. The Balaban J connectivity index is 1.61. The van der Waals surface area contributed by atoms with Crippen molar-refractivity contribution in [3.8, 4) is 11.1 Å². The van der Waals surface area contributed by atoms with Crippen molar-refractivity contribution in [1.82, 2.24) is 14.6 Å². The number of aliphatic hydroxyl groups is 1. The molecule has 7 heteroatoms. The lowest BCUT2D eigenvalue weighted by Crippen LogP contribution is -2.28. The first-order valence-electron chi connectivity index (χ1n) is 9.39. The van der Waals surface area contributed by atoms with Gasteiger partial charge in [0.25, 0.3) is 0 Å². The molecule has 1 saturated carbocycles. The molecule has 0 radical (unpaired) electrons. The van der Waals surface area contributed by atoms with Gasteiger partial charge in [-0.05, 0) is 55.0 Å². The van der Waals surface area contributed by atoms with Crippen molar-refractivity contribution >= 4 is 23.5 Å². The van der Waals surface area contributed by atoms with Crippen LogP contribution in [0.15, 0.2) is 48.8 Å². The maximum Gasteiger partial charge on any atom is 0.328 e. The van der Waals surface area contributed by atoms with Crippen LogP contribution in [0.4, 0.5) is 5.82 Å². The standard InChI is InChI=1S/C21H22N4O3/c26-17-7-5-16(6-8-17)23-19-10-11-25-21(24-19)18(13-22-25)15-3-1-2-14(12-15)4-9-20(27)28/h1-4,9-13,16-17,26H,5-8H2,(H,23,24)(H,27,28). The van der Waals surface area contributed by atoms with Crippen molar-refractivity contribution in [3.05, 3.63) is 54.4 Å². The molecule has 3 N–H and O–H groups in total. The van der Waals surface area contributed by atoms with Gasteiger partial charge in [0.1, 0.15) is 5.82 Å². The summed E-state index contributed by atoms with van der Waals surface area (Å²) in [5.74, 6) is -0.188. The Labute approximate surface area is 162 Å². The van der Waals surface area contributed by atoms with Gasteiger partial charge in [-0.2, -0.15) is 5.10 Å². The predicted octanol–water partition coefficient (Wildman–Crippen LogP) is 3.21. The highest BCUT2D eigenvalue weighted by molar-refractivity contribution is 5.86. The number of hydrogen-bond donors (Lipinski definition) is 3. The molecule has 0 atom stereocenters. The van der Waals surface area contributed by atoms with Crippen LogP contribution in [0.25, 0.3) is 22.9 Å². The lowest BCUT2D eigenvalue weighted by molar-refractivity contribution is -0.131. The van der Waals surface area contributed by atoms with Crippen LogP contribution >= 0.6 is 0 Å². The SMILES string of the molecule is O=C(O)C=Cc1cccc(-c2cnn3ccc(NC4CCC(O)CC4)nc23)c1. The van der Waals surface area contributed by atoms with Gasteiger partial charge in [-0.25, -0.2) is 14.3 Å². The molecule has 2 aromatic heterocycles. The van der Waals surface area contributed by atoms with E-state index in [-0.39, 0.29) is 6.10 Å². The van der Waals surface area contributed by atoms with Crippen molar-refractivity contribution in [2.45, 2.75) is 37.8 Å². The number of hydrogen-bond acceptors (Lipinski definition) is 5. The van der Waals surface area contributed by atoms with E-state index in [1.54, 1.807) is 16.8 Å². The molecule has 1 fully saturated rings. The Morgan fingerprint density at radius 2 is 2.04 bits per heavy atom. The normalized spacial score (nSPS) is 19.9. The number of nitrogens with one attached hydrogen (secondary N) is 1. The van der Waals surface area contributed by atoms with Crippen molar-refractivity contribution < 1.29 is 15.0 Å². The second-order valence-corrected chi connectivity index (χ2v) is 7.09. The summed E-state index contributed by atoms with van der Waals surface area (Å²) in [7, 11) is 0. The molecule has 1 aliphatic carbocycles. The van der Waals surface area contributed by atoms with Crippen LogP contribution in [0.5, 0.6) is 0 Å². The molecule has 7 nitrogen and oxygen atoms in total. The fraction of sp³-hybridized carbons (Fsp3) is 0.286. The highest BCUT2D eigenvalue weighted by Gasteiger charge is 2.19. The van der Waals surface area contributed by atoms with Gasteiger partial charge in [0, 0.05) is 23.9 Å². The molecule has 2 heterocycles. The quantitative estimate of drug-likeness (QED) is 0.590. The summed E-state index contributed by atoms with van der Waals surface area (Å²) in [6, 6.07) is 9.83. The lowest BCUT2D eigenvalue weighted by Gasteiger charge is -2.26. The third kappa shape index (κ3) is 4.04. The third-order valence-corrected chi connectivity index (χ3v) is 5.03. The Bertz CT molecular complexity index is 1020. The number of carbonyl (C=O) groups is 1. The van der Waals surface area contributed by atoms with Gasteiger partial charge in [0.05, 0.1) is 12.3 Å². The second kappa shape index (κ2) is 7.82. The van der Waals surface area contributed by atoms with E-state index in [2.05, 4.69) is 10.4 Å². The van der Waals surface area contributed by atoms with Crippen LogP contribution in [0.3, 0.4) is 0 Å². The Hall–Kier alpha value is -3.19. The average molecular weight is 378 g/mol. The van der Waals surface area contributed by atoms with Gasteiger partial charge in [-0.3, -0.25) is 0 Å². The minimum absolute atomic E-state index is 0.183. The highest BCUT2D eigenvalue weighted by atomic mass is 16.4. The summed E-state index contributed by atoms with van der Waals surface area (Å²) in [5.41, 5.74) is 3.34. The number of rotatable bonds is 5. The first kappa shape index (κ1) is 18.2. The fourth-order valence-corrected chi connectivity index (χ4v) is 3.56. The lowest BCUT2D eigenvalue weighted by atomic mass is 9.93. The number of aliphatic carboxylic acids is 1. The molecule has 0 spiro atoms. The van der Waals surface area contributed by atoms with Gasteiger partial charge >= 0.3 is 5.97 Å². The van der Waals surface area contributed by atoms with E-state index in [4.69, 9.17) is 10.1 Å². The summed E-state index contributed by atoms with van der Waals surface area (Å²) < 4.78 is 1.73. The Morgan fingerprint density at radius 3 is 2.82 bits per heavy atom. The molecule has 3 aromatic rings. The molecule has 28 heavy (non-hydrogen) atoms. The van der Waals surface area contributed by atoms with E-state index in [0.29, 0.717) is 6.04 Å². The highest BCUT2D eigenvalue weighted by Crippen LogP contribution is 2.26. The molecule has 0 unspecified atom stereocenters. The first-order chi connectivity index (χ1) is 13.6. The van der Waals surface area contributed by atoms with E-state index in [0.717, 1.165) is 59.9 Å². The minimum atomic E-state index is -0.978. The van der Waals surface area contributed by atoms with E-state index >= 15 is 0 Å². The Morgan fingerprint density at radius 1 is 1.21 bits per heavy atom. The van der Waals surface area contributed by atoms with E-state index < -0.39 is 5.97 Å². The smallest absolute Gasteiger partial charge is 0.328 e. The largest absolute Gasteiger partial charge is 0.478 e. The zero-order chi connectivity index (χ0) is 19.5. The Kier molecular flexibility index (Phi) is 5.08. The molecular weight excluding hydrogens is 356 g/mol. The summed E-state index contributed by atoms with van der Waals surface area (Å²) in [6.07, 6.45) is 9.63. The maximum absolute atomic E-state index is 10.7. The molecule has 144 valence electrons. The van der Waals surface area contributed by atoms with E-state index in [1.807, 2.05) is 36.5 Å². The molecule has 4 rings (SSSR count). The first-order valence-corrected chi connectivity index (χ1v) is 9.39. The van der Waals surface area contributed by atoms with Crippen LogP contribution < -0.4 is 5.32 Å². The van der Waals surface area contributed by atoms with Crippen molar-refractivity contribution in [1.29, 1.82) is 0 Å². The van der Waals surface area contributed by atoms with Crippen molar-refractivity contribution in [2.75, 3.05) is 5.32 Å². The van der Waals surface area contributed by atoms with Gasteiger partial charge in [-0.1, -0.05) is 18.2 Å². The van der Waals surface area contributed by atoms with Gasteiger partial charge < -0.3 is 15.5 Å². The number of aromatic nitrogens is 3. The monoisotopic (exact) mass is 378 g/mol. The van der Waals surface area contributed by atoms with Crippen LogP contribution in [-0.4, -0.2) is 42.9 Å². The van der Waals surface area contributed by atoms with E-state index in [1.165, 1.54) is 0 Å². The average Bonchev–Trinajstić information content (AvgIpc) is 3.12. The topological polar surface area (TPSA) is 99.8 Å². The zero-order valence-corrected chi connectivity index (χ0v) is 15.3. The summed E-state index contributed by atoms with van der Waals surface area (Å²) >= 11 is 0. The number of aliphatic hydroxyl groups excluding tert-OH is 1. The molecule has 0 bridgehead atoms. The predicted molar refractivity (Wildman–Crippen MR) is 107 cm³/mol. The number of carboxylic acid groups (broad SMARTS) is 1. The third-order valence-electron chi connectivity index (χ3n) is 5.03. The van der Waals surface area contributed by atoms with Gasteiger partial charge in [0.15, 0.2) is 5.65 Å². The molecule has 1 aliphatic rings. The number of fused-ring (bicyclic) bond motifs is 1. The molecule has 0 aliphatic heterocycles. The fourth-order valence-electron chi connectivity index (χ4n) is 3.56. The van der Waals surface area contributed by atoms with Crippen LogP contribution in [0.1, 0.15) is 31.2 Å². The van der Waals surface area contributed by atoms with Crippen LogP contribution in [0.2, 0.25) is 0 Å². The van der Waals surface area contributed by atoms with Crippen molar-refractivity contribution in [3.63, 3.8) is 0 Å². The summed E-state index contributed by atoms with van der Waals surface area (Å²) in [5, 5.41) is 26.3. The molecule has 0 amide bonds. The zero-order valence-electron chi connectivity index (χ0n) is 15.3. The number of carboxylic acids is 1. The van der Waals surface area contributed by atoms with Gasteiger partial charge in [-0.15, -0.1) is 0 Å². The van der Waals surface area contributed by atoms with Crippen molar-refractivity contribution in [2.24, 2.45) is 0 Å². The maximum atomic E-state index is 10.7. The summed E-state index contributed by atoms with van der Waals surface area (Å²) in [4.78, 5) is 15.5. The molecule has 1 aromatic carbocycles. The van der Waals surface area contributed by atoms with E-state index in [9.17, 15) is 9.90 Å². The number of benzene rings is 1. The molecule has 0 saturated heterocycles. The minimum Gasteiger partial charge on any atom is -0.478 e. The van der Waals surface area contributed by atoms with Crippen LogP contribution in [-0.2, 0) is 4.79 Å². The number of anilines is 1.